The van der Waals surface area contributed by atoms with Crippen LogP contribution < -0.4 is 5.32 Å². The van der Waals surface area contributed by atoms with Gasteiger partial charge in [0, 0.05) is 34.0 Å². The zero-order chi connectivity index (χ0) is 17.2. The van der Waals surface area contributed by atoms with Gasteiger partial charge in [-0.3, -0.25) is 0 Å². The van der Waals surface area contributed by atoms with Gasteiger partial charge >= 0.3 is 0 Å². The molecule has 126 valence electrons. The van der Waals surface area contributed by atoms with Crippen LogP contribution in [-0.4, -0.2) is 22.3 Å². The first-order valence-electron chi connectivity index (χ1n) is 8.67. The molecule has 0 aliphatic rings. The number of nitrogens with zero attached hydrogens (tertiary/aromatic N) is 1. The third-order valence-corrected chi connectivity index (χ3v) is 4.63. The summed E-state index contributed by atoms with van der Waals surface area (Å²) >= 11 is 0. The topological polar surface area (TPSA) is 37.2 Å². The van der Waals surface area contributed by atoms with E-state index in [0.29, 0.717) is 13.1 Å². The molecule has 4 rings (SSSR count). The van der Waals surface area contributed by atoms with Crippen molar-refractivity contribution in [1.82, 2.24) is 4.57 Å². The van der Waals surface area contributed by atoms with E-state index < -0.39 is 6.10 Å². The van der Waals surface area contributed by atoms with Crippen LogP contribution in [0.25, 0.3) is 21.8 Å². The Morgan fingerprint density at radius 2 is 1.52 bits per heavy atom. The highest BCUT2D eigenvalue weighted by atomic mass is 16.3. The highest BCUT2D eigenvalue weighted by Gasteiger charge is 2.13. The predicted octanol–water partition coefficient (Wildman–Crippen LogP) is 4.58. The number of hydrogen-bond acceptors (Lipinski definition) is 2. The molecule has 0 aliphatic carbocycles. The summed E-state index contributed by atoms with van der Waals surface area (Å²) in [5.41, 5.74) is 4.58. The Bertz CT molecular complexity index is 966. The number of nitrogens with one attached hydrogen (secondary N) is 1. The first-order chi connectivity index (χ1) is 12.2. The summed E-state index contributed by atoms with van der Waals surface area (Å²) in [5.74, 6) is 0. The molecule has 25 heavy (non-hydrogen) atoms. The fourth-order valence-electron chi connectivity index (χ4n) is 3.47. The lowest BCUT2D eigenvalue weighted by Gasteiger charge is -2.16. The molecule has 0 bridgehead atoms. The minimum Gasteiger partial charge on any atom is -0.389 e. The second-order valence-corrected chi connectivity index (χ2v) is 6.55. The van der Waals surface area contributed by atoms with Gasteiger partial charge in [0.15, 0.2) is 0 Å². The number of aromatic nitrogens is 1. The maximum atomic E-state index is 10.6. The quantitative estimate of drug-likeness (QED) is 0.562. The molecule has 0 fully saturated rings. The Morgan fingerprint density at radius 3 is 2.16 bits per heavy atom. The average molecular weight is 330 g/mol. The Labute approximate surface area is 147 Å². The molecule has 0 saturated carbocycles. The lowest BCUT2D eigenvalue weighted by Crippen LogP contribution is -2.24. The Kier molecular flexibility index (Phi) is 4.16. The molecule has 1 unspecified atom stereocenters. The summed E-state index contributed by atoms with van der Waals surface area (Å²) < 4.78 is 2.22. The van der Waals surface area contributed by atoms with E-state index in [2.05, 4.69) is 77.5 Å². The Morgan fingerprint density at radius 1 is 0.880 bits per heavy atom. The van der Waals surface area contributed by atoms with Crippen LogP contribution >= 0.6 is 0 Å². The Balaban J connectivity index is 1.59. The third kappa shape index (κ3) is 3.11. The summed E-state index contributed by atoms with van der Waals surface area (Å²) in [7, 11) is 0. The van der Waals surface area contributed by atoms with Crippen LogP contribution in [0.3, 0.4) is 0 Å². The summed E-state index contributed by atoms with van der Waals surface area (Å²) in [5, 5.41) is 16.4. The van der Waals surface area contributed by atoms with Gasteiger partial charge < -0.3 is 15.0 Å². The van der Waals surface area contributed by atoms with Gasteiger partial charge in [-0.05, 0) is 36.8 Å². The lowest BCUT2D eigenvalue weighted by atomic mass is 10.2. The molecule has 0 amide bonds. The number of aryl methyl sites for hydroxylation is 1. The van der Waals surface area contributed by atoms with E-state index >= 15 is 0 Å². The van der Waals surface area contributed by atoms with Gasteiger partial charge in [-0.25, -0.2) is 0 Å². The van der Waals surface area contributed by atoms with Gasteiger partial charge in [0.25, 0.3) is 0 Å². The number of para-hydroxylation sites is 2. The van der Waals surface area contributed by atoms with Gasteiger partial charge in [0.2, 0.25) is 0 Å². The summed E-state index contributed by atoms with van der Waals surface area (Å²) in [6.45, 7) is 3.15. The van der Waals surface area contributed by atoms with Crippen LogP contribution in [0.15, 0.2) is 72.8 Å². The van der Waals surface area contributed by atoms with Crippen molar-refractivity contribution in [3.63, 3.8) is 0 Å². The maximum absolute atomic E-state index is 10.6. The van der Waals surface area contributed by atoms with Crippen LogP contribution in [0.5, 0.6) is 0 Å². The predicted molar refractivity (Wildman–Crippen MR) is 105 cm³/mol. The first kappa shape index (κ1) is 15.7. The zero-order valence-corrected chi connectivity index (χ0v) is 14.3. The first-order valence-corrected chi connectivity index (χ1v) is 8.67. The van der Waals surface area contributed by atoms with Gasteiger partial charge in [-0.15, -0.1) is 0 Å². The molecule has 3 aromatic carbocycles. The third-order valence-electron chi connectivity index (χ3n) is 4.63. The van der Waals surface area contributed by atoms with E-state index in [9.17, 15) is 5.11 Å². The summed E-state index contributed by atoms with van der Waals surface area (Å²) in [6.07, 6.45) is -0.472. The second kappa shape index (κ2) is 6.61. The van der Waals surface area contributed by atoms with Crippen molar-refractivity contribution in [1.29, 1.82) is 0 Å². The molecular formula is C22H22N2O. The molecule has 0 radical (unpaired) electrons. The SMILES string of the molecule is Cc1cccc(NCC(O)Cn2c3ccccc3c3ccccc32)c1. The highest BCUT2D eigenvalue weighted by Crippen LogP contribution is 2.28. The van der Waals surface area contributed by atoms with Crippen LogP contribution in [0.1, 0.15) is 5.56 Å². The smallest absolute Gasteiger partial charge is 0.0891 e. The highest BCUT2D eigenvalue weighted by molar-refractivity contribution is 6.07. The Hall–Kier alpha value is -2.78. The number of anilines is 1. The average Bonchev–Trinajstić information content (AvgIpc) is 2.95. The lowest BCUT2D eigenvalue weighted by molar-refractivity contribution is 0.169. The normalized spacial score (nSPS) is 12.6. The fourth-order valence-corrected chi connectivity index (χ4v) is 3.47. The van der Waals surface area contributed by atoms with E-state index in [1.807, 2.05) is 12.1 Å². The molecule has 3 nitrogen and oxygen atoms in total. The van der Waals surface area contributed by atoms with Crippen molar-refractivity contribution in [2.45, 2.75) is 19.6 Å². The largest absolute Gasteiger partial charge is 0.389 e. The molecule has 4 aromatic rings. The van der Waals surface area contributed by atoms with Crippen LogP contribution in [0.2, 0.25) is 0 Å². The van der Waals surface area contributed by atoms with Gasteiger partial charge in [0.1, 0.15) is 0 Å². The van der Waals surface area contributed by atoms with E-state index in [1.54, 1.807) is 0 Å². The molecule has 0 saturated heterocycles. The minimum atomic E-state index is -0.472. The number of aliphatic hydroxyl groups excluding tert-OH is 1. The van der Waals surface area contributed by atoms with Gasteiger partial charge in [-0.1, -0.05) is 48.5 Å². The number of aliphatic hydroxyl groups is 1. The van der Waals surface area contributed by atoms with E-state index in [-0.39, 0.29) is 0 Å². The number of rotatable bonds is 5. The maximum Gasteiger partial charge on any atom is 0.0891 e. The molecule has 0 aliphatic heterocycles. The van der Waals surface area contributed by atoms with Crippen LogP contribution in [-0.2, 0) is 6.54 Å². The zero-order valence-electron chi connectivity index (χ0n) is 14.3. The van der Waals surface area contributed by atoms with Gasteiger partial charge in [-0.2, -0.15) is 0 Å². The molecule has 1 heterocycles. The molecule has 3 heteroatoms. The molecule has 1 atom stereocenters. The molecule has 0 spiro atoms. The standard InChI is InChI=1S/C22H22N2O/c1-16-7-6-8-17(13-16)23-14-18(25)15-24-21-11-4-2-9-19(21)20-10-3-5-12-22(20)24/h2-13,18,23,25H,14-15H2,1H3. The summed E-state index contributed by atoms with van der Waals surface area (Å²) in [6, 6.07) is 25.0. The van der Waals surface area contributed by atoms with E-state index in [1.165, 1.54) is 27.4 Å². The summed E-state index contributed by atoms with van der Waals surface area (Å²) in [4.78, 5) is 0. The number of fused-ring (bicyclic) bond motifs is 3. The van der Waals surface area contributed by atoms with Crippen molar-refractivity contribution in [3.05, 3.63) is 78.4 Å². The number of hydrogen-bond donors (Lipinski definition) is 2. The van der Waals surface area contributed by atoms with Crippen molar-refractivity contribution >= 4 is 27.5 Å². The van der Waals surface area contributed by atoms with Crippen LogP contribution in [0, 0.1) is 6.92 Å². The fraction of sp³-hybridized carbons (Fsp3) is 0.182. The van der Waals surface area contributed by atoms with Crippen LogP contribution in [0.4, 0.5) is 5.69 Å². The molecular weight excluding hydrogens is 308 g/mol. The monoisotopic (exact) mass is 330 g/mol. The van der Waals surface area contributed by atoms with Crippen molar-refractivity contribution in [2.75, 3.05) is 11.9 Å². The van der Waals surface area contributed by atoms with Crippen molar-refractivity contribution < 1.29 is 5.11 Å². The van der Waals surface area contributed by atoms with Crippen molar-refractivity contribution in [2.24, 2.45) is 0 Å². The van der Waals surface area contributed by atoms with Crippen molar-refractivity contribution in [3.8, 4) is 0 Å². The van der Waals surface area contributed by atoms with E-state index in [0.717, 1.165) is 5.69 Å². The van der Waals surface area contributed by atoms with E-state index in [4.69, 9.17) is 0 Å². The second-order valence-electron chi connectivity index (χ2n) is 6.55. The molecule has 2 N–H and O–H groups in total. The van der Waals surface area contributed by atoms with Gasteiger partial charge in [0.05, 0.1) is 12.6 Å². The number of benzene rings is 3. The minimum absolute atomic E-state index is 0.472. The molecule has 1 aromatic heterocycles.